The van der Waals surface area contributed by atoms with Crippen LogP contribution in [0.1, 0.15) is 18.9 Å². The molecule has 0 fully saturated rings. The van der Waals surface area contributed by atoms with Crippen molar-refractivity contribution in [1.82, 2.24) is 5.32 Å². The van der Waals surface area contributed by atoms with Crippen LogP contribution < -0.4 is 5.32 Å². The predicted octanol–water partition coefficient (Wildman–Crippen LogP) is 1.28. The fourth-order valence-electron chi connectivity index (χ4n) is 1.78. The Bertz CT molecular complexity index is 570. The van der Waals surface area contributed by atoms with Crippen LogP contribution in [0.5, 0.6) is 0 Å². The lowest BCUT2D eigenvalue weighted by Gasteiger charge is -2.12. The van der Waals surface area contributed by atoms with E-state index in [9.17, 15) is 14.4 Å². The Balaban J connectivity index is 2.37. The number of hydrogen-bond donors (Lipinski definition) is 2. The smallest absolute Gasteiger partial charge is 0.330 e. The van der Waals surface area contributed by atoms with Gasteiger partial charge in [-0.1, -0.05) is 36.4 Å². The Morgan fingerprint density at radius 1 is 1.25 bits per heavy atom. The number of amides is 1. The zero-order valence-electron chi connectivity index (χ0n) is 13.4. The Morgan fingerprint density at radius 3 is 2.58 bits per heavy atom. The first-order valence-corrected chi connectivity index (χ1v) is 7.50. The Morgan fingerprint density at radius 2 is 1.96 bits per heavy atom. The minimum Gasteiger partial charge on any atom is -0.480 e. The average Bonchev–Trinajstić information content (AvgIpc) is 2.55. The van der Waals surface area contributed by atoms with Gasteiger partial charge in [0, 0.05) is 6.08 Å². The molecule has 130 valence electrons. The van der Waals surface area contributed by atoms with Crippen molar-refractivity contribution in [2.75, 3.05) is 13.2 Å². The SMILES string of the molecule is CCOC(=O)/C=C/C[C@H](NC(=O)COCc1ccccc1)C(=O)O. The lowest BCUT2D eigenvalue weighted by atomic mass is 10.2. The normalized spacial score (nSPS) is 11.9. The molecule has 0 aromatic heterocycles. The summed E-state index contributed by atoms with van der Waals surface area (Å²) >= 11 is 0. The van der Waals surface area contributed by atoms with Crippen molar-refractivity contribution >= 4 is 17.8 Å². The highest BCUT2D eigenvalue weighted by Crippen LogP contribution is 2.00. The summed E-state index contributed by atoms with van der Waals surface area (Å²) in [4.78, 5) is 34.0. The van der Waals surface area contributed by atoms with Gasteiger partial charge in [0.15, 0.2) is 0 Å². The van der Waals surface area contributed by atoms with Gasteiger partial charge in [-0.15, -0.1) is 0 Å². The third kappa shape index (κ3) is 8.09. The van der Waals surface area contributed by atoms with E-state index in [2.05, 4.69) is 10.1 Å². The lowest BCUT2D eigenvalue weighted by molar-refractivity contribution is -0.142. The van der Waals surface area contributed by atoms with Crippen LogP contribution in [0.4, 0.5) is 0 Å². The number of hydrogen-bond acceptors (Lipinski definition) is 5. The van der Waals surface area contributed by atoms with Gasteiger partial charge in [-0.3, -0.25) is 4.79 Å². The number of esters is 1. The minimum atomic E-state index is -1.19. The van der Waals surface area contributed by atoms with Crippen molar-refractivity contribution in [3.8, 4) is 0 Å². The van der Waals surface area contributed by atoms with Gasteiger partial charge in [0.2, 0.25) is 5.91 Å². The standard InChI is InChI=1S/C17H21NO6/c1-2-24-16(20)10-6-9-14(17(21)22)18-15(19)12-23-11-13-7-4-3-5-8-13/h3-8,10,14H,2,9,11-12H2,1H3,(H,18,19)(H,21,22)/b10-6+/t14-/m0/s1. The molecule has 0 bridgehead atoms. The van der Waals surface area contributed by atoms with Crippen LogP contribution in [-0.4, -0.2) is 42.2 Å². The first kappa shape index (κ1) is 19.4. The highest BCUT2D eigenvalue weighted by atomic mass is 16.5. The summed E-state index contributed by atoms with van der Waals surface area (Å²) in [6.45, 7) is 1.91. The number of carbonyl (C=O) groups excluding carboxylic acids is 2. The monoisotopic (exact) mass is 335 g/mol. The summed E-state index contributed by atoms with van der Waals surface area (Å²) in [6.07, 6.45) is 2.46. The maximum Gasteiger partial charge on any atom is 0.330 e. The topological polar surface area (TPSA) is 102 Å². The summed E-state index contributed by atoms with van der Waals surface area (Å²) in [5.41, 5.74) is 0.914. The number of ether oxygens (including phenoxy) is 2. The van der Waals surface area contributed by atoms with Crippen LogP contribution in [0.15, 0.2) is 42.5 Å². The molecule has 24 heavy (non-hydrogen) atoms. The number of carboxylic acids is 1. The molecule has 1 atom stereocenters. The van der Waals surface area contributed by atoms with Crippen LogP contribution in [-0.2, 0) is 30.5 Å². The fraction of sp³-hybridized carbons (Fsp3) is 0.353. The molecule has 0 radical (unpaired) electrons. The molecule has 0 spiro atoms. The van der Waals surface area contributed by atoms with E-state index in [1.54, 1.807) is 6.92 Å². The summed E-state index contributed by atoms with van der Waals surface area (Å²) in [5.74, 6) is -2.29. The number of carbonyl (C=O) groups is 3. The predicted molar refractivity (Wildman–Crippen MR) is 86.1 cm³/mol. The zero-order valence-corrected chi connectivity index (χ0v) is 13.4. The molecule has 0 aliphatic rings. The molecule has 1 amide bonds. The largest absolute Gasteiger partial charge is 0.480 e. The average molecular weight is 335 g/mol. The van der Waals surface area contributed by atoms with Gasteiger partial charge in [-0.05, 0) is 18.9 Å². The molecule has 7 nitrogen and oxygen atoms in total. The summed E-state index contributed by atoms with van der Waals surface area (Å²) in [6, 6.07) is 8.17. The van der Waals surface area contributed by atoms with Crippen molar-refractivity contribution < 1.29 is 29.0 Å². The first-order valence-electron chi connectivity index (χ1n) is 7.50. The van der Waals surface area contributed by atoms with Gasteiger partial charge in [0.25, 0.3) is 0 Å². The van der Waals surface area contributed by atoms with E-state index in [0.717, 1.165) is 11.6 Å². The minimum absolute atomic E-state index is 0.0292. The van der Waals surface area contributed by atoms with Crippen molar-refractivity contribution in [2.24, 2.45) is 0 Å². The number of aliphatic carboxylic acids is 1. The molecular formula is C17H21NO6. The second-order valence-corrected chi connectivity index (χ2v) is 4.83. The molecule has 2 N–H and O–H groups in total. The van der Waals surface area contributed by atoms with Crippen molar-refractivity contribution in [3.63, 3.8) is 0 Å². The van der Waals surface area contributed by atoms with E-state index in [-0.39, 0.29) is 26.2 Å². The maximum absolute atomic E-state index is 11.7. The molecule has 0 heterocycles. The fourth-order valence-corrected chi connectivity index (χ4v) is 1.78. The van der Waals surface area contributed by atoms with E-state index < -0.39 is 23.9 Å². The third-order valence-corrected chi connectivity index (χ3v) is 2.89. The van der Waals surface area contributed by atoms with E-state index in [1.807, 2.05) is 30.3 Å². The molecule has 1 aromatic rings. The second kappa shape index (κ2) is 11.0. The van der Waals surface area contributed by atoms with Crippen LogP contribution in [0.25, 0.3) is 0 Å². The number of carboxylic acid groups (broad SMARTS) is 1. The van der Waals surface area contributed by atoms with Gasteiger partial charge in [0.1, 0.15) is 12.6 Å². The molecular weight excluding hydrogens is 314 g/mol. The van der Waals surface area contributed by atoms with E-state index in [0.29, 0.717) is 0 Å². The van der Waals surface area contributed by atoms with Crippen molar-refractivity contribution in [3.05, 3.63) is 48.0 Å². The van der Waals surface area contributed by atoms with Gasteiger partial charge in [-0.2, -0.15) is 0 Å². The van der Waals surface area contributed by atoms with Gasteiger partial charge in [-0.25, -0.2) is 9.59 Å². The molecule has 0 unspecified atom stereocenters. The van der Waals surface area contributed by atoms with E-state index in [4.69, 9.17) is 9.84 Å². The molecule has 0 saturated carbocycles. The van der Waals surface area contributed by atoms with Gasteiger partial charge >= 0.3 is 11.9 Å². The van der Waals surface area contributed by atoms with Crippen LogP contribution in [0.2, 0.25) is 0 Å². The molecule has 7 heteroatoms. The van der Waals surface area contributed by atoms with E-state index in [1.165, 1.54) is 6.08 Å². The molecule has 0 saturated heterocycles. The van der Waals surface area contributed by atoms with Gasteiger partial charge < -0.3 is 19.9 Å². The molecule has 1 aromatic carbocycles. The summed E-state index contributed by atoms with van der Waals surface area (Å²) in [5, 5.41) is 11.4. The van der Waals surface area contributed by atoms with E-state index >= 15 is 0 Å². The summed E-state index contributed by atoms with van der Waals surface area (Å²) < 4.78 is 9.92. The Labute approximate surface area is 140 Å². The number of rotatable bonds is 10. The Kier molecular flexibility index (Phi) is 8.85. The zero-order chi connectivity index (χ0) is 17.8. The third-order valence-electron chi connectivity index (χ3n) is 2.89. The highest BCUT2D eigenvalue weighted by molar-refractivity contribution is 5.85. The molecule has 0 aliphatic heterocycles. The first-order chi connectivity index (χ1) is 11.5. The Hall–Kier alpha value is -2.67. The van der Waals surface area contributed by atoms with Crippen LogP contribution >= 0.6 is 0 Å². The van der Waals surface area contributed by atoms with Gasteiger partial charge in [0.05, 0.1) is 13.2 Å². The van der Waals surface area contributed by atoms with Crippen molar-refractivity contribution in [1.29, 1.82) is 0 Å². The highest BCUT2D eigenvalue weighted by Gasteiger charge is 2.18. The van der Waals surface area contributed by atoms with Crippen molar-refractivity contribution in [2.45, 2.75) is 26.0 Å². The summed E-state index contributed by atoms with van der Waals surface area (Å²) in [7, 11) is 0. The molecule has 0 aliphatic carbocycles. The quantitative estimate of drug-likeness (QED) is 0.493. The van der Waals surface area contributed by atoms with Crippen LogP contribution in [0.3, 0.4) is 0 Å². The maximum atomic E-state index is 11.7. The number of benzene rings is 1. The lowest BCUT2D eigenvalue weighted by Crippen LogP contribution is -2.42. The second-order valence-electron chi connectivity index (χ2n) is 4.83. The molecule has 1 rings (SSSR count). The number of nitrogens with one attached hydrogen (secondary N) is 1. The van der Waals surface area contributed by atoms with Crippen LogP contribution in [0, 0.1) is 0 Å².